The summed E-state index contributed by atoms with van der Waals surface area (Å²) in [6.45, 7) is 4.63. The summed E-state index contributed by atoms with van der Waals surface area (Å²) >= 11 is 0. The first-order valence-corrected chi connectivity index (χ1v) is 13.4. The van der Waals surface area contributed by atoms with Gasteiger partial charge in [-0.1, -0.05) is 24.3 Å². The highest BCUT2D eigenvalue weighted by Crippen LogP contribution is 2.14. The first-order valence-electron chi connectivity index (χ1n) is 13.4. The van der Waals surface area contributed by atoms with Crippen LogP contribution in [0.2, 0.25) is 0 Å². The van der Waals surface area contributed by atoms with Crippen molar-refractivity contribution in [2.45, 2.75) is 37.8 Å². The number of alkyl halides is 6. The molecule has 1 unspecified atom stereocenters. The fourth-order valence-corrected chi connectivity index (χ4v) is 3.31. The van der Waals surface area contributed by atoms with Crippen LogP contribution in [0.3, 0.4) is 0 Å². The van der Waals surface area contributed by atoms with E-state index < -0.39 is 24.3 Å². The number of amides is 1. The maximum absolute atomic E-state index is 12.5. The Morgan fingerprint density at radius 2 is 1.53 bits per heavy atom. The molecule has 0 fully saturated rings. The Bertz CT molecular complexity index is 1180. The second-order valence-corrected chi connectivity index (χ2v) is 9.22. The van der Waals surface area contributed by atoms with Gasteiger partial charge < -0.3 is 36.4 Å². The van der Waals surface area contributed by atoms with E-state index in [4.69, 9.17) is 19.8 Å². The van der Waals surface area contributed by atoms with E-state index in [9.17, 15) is 31.1 Å². The van der Waals surface area contributed by atoms with Gasteiger partial charge in [-0.2, -0.15) is 26.3 Å². The molecule has 2 heterocycles. The Kier molecular flexibility index (Phi) is 16.9. The van der Waals surface area contributed by atoms with Gasteiger partial charge in [-0.3, -0.25) is 14.8 Å². The number of anilines is 1. The number of aliphatic carboxylic acids is 2. The number of guanidine groups is 1. The number of likely N-dealkylation sites (N-methyl/N-ethyl adjacent to an activating group) is 1. The lowest BCUT2D eigenvalue weighted by molar-refractivity contribution is -0.193. The van der Waals surface area contributed by atoms with Gasteiger partial charge in [0.05, 0.1) is 12.6 Å². The van der Waals surface area contributed by atoms with Gasteiger partial charge in [0.15, 0.2) is 5.96 Å². The Morgan fingerprint density at radius 3 is 2.04 bits per heavy atom. The first kappa shape index (κ1) is 38.6. The molecule has 1 atom stereocenters. The number of rotatable bonds is 11. The fraction of sp³-hybridized carbons (Fsp3) is 0.444. The number of aliphatic imine (C=N–C) groups is 1. The number of pyridine rings is 1. The molecule has 18 heteroatoms. The van der Waals surface area contributed by atoms with Crippen molar-refractivity contribution < 1.29 is 50.9 Å². The van der Waals surface area contributed by atoms with E-state index in [0.29, 0.717) is 26.1 Å². The quantitative estimate of drug-likeness (QED) is 0.157. The van der Waals surface area contributed by atoms with Crippen LogP contribution in [0.5, 0.6) is 0 Å². The van der Waals surface area contributed by atoms with Crippen LogP contribution in [0.4, 0.5) is 32.0 Å². The Balaban J connectivity index is 0.000000601. The predicted molar refractivity (Wildman–Crippen MR) is 152 cm³/mol. The largest absolute Gasteiger partial charge is 0.490 e. The van der Waals surface area contributed by atoms with Gasteiger partial charge in [0, 0.05) is 51.2 Å². The number of halogens is 6. The van der Waals surface area contributed by atoms with Crippen molar-refractivity contribution in [3.8, 4) is 0 Å². The van der Waals surface area contributed by atoms with Gasteiger partial charge >= 0.3 is 24.3 Å². The van der Waals surface area contributed by atoms with Crippen molar-refractivity contribution in [3.05, 3.63) is 60.4 Å². The van der Waals surface area contributed by atoms with Gasteiger partial charge in [-0.15, -0.1) is 0 Å². The molecule has 0 aliphatic carbocycles. The number of carbonyl (C=O) groups excluding carboxylic acids is 1. The molecule has 1 aromatic heterocycles. The highest BCUT2D eigenvalue weighted by Gasteiger charge is 2.38. The van der Waals surface area contributed by atoms with Crippen LogP contribution in [0, 0.1) is 0 Å². The second kappa shape index (κ2) is 19.8. The topological polar surface area (TPSA) is 168 Å². The number of nitrogens with zero attached hydrogens (tertiary/aromatic N) is 3. The smallest absolute Gasteiger partial charge is 0.475 e. The summed E-state index contributed by atoms with van der Waals surface area (Å²) in [7, 11) is 1.86. The van der Waals surface area contributed by atoms with Gasteiger partial charge in [0.25, 0.3) is 0 Å². The van der Waals surface area contributed by atoms with Gasteiger partial charge in [-0.25, -0.2) is 9.59 Å². The summed E-state index contributed by atoms with van der Waals surface area (Å²) in [6, 6.07) is 14.0. The highest BCUT2D eigenvalue weighted by molar-refractivity contribution is 5.94. The molecular weight excluding hydrogens is 616 g/mol. The number of hydrogen-bond donors (Lipinski definition) is 6. The first-order chi connectivity index (χ1) is 21.1. The predicted octanol–water partition coefficient (Wildman–Crippen LogP) is 2.71. The van der Waals surface area contributed by atoms with Crippen molar-refractivity contribution in [3.63, 3.8) is 0 Å². The lowest BCUT2D eigenvalue weighted by Gasteiger charge is -2.31. The molecule has 1 amide bonds. The fourth-order valence-electron chi connectivity index (χ4n) is 3.31. The zero-order valence-electron chi connectivity index (χ0n) is 24.2. The number of benzene rings is 1. The summed E-state index contributed by atoms with van der Waals surface area (Å²) in [4.78, 5) is 40.7. The van der Waals surface area contributed by atoms with Crippen LogP contribution in [-0.4, -0.2) is 102 Å². The van der Waals surface area contributed by atoms with E-state index in [1.807, 2.05) is 54.5 Å². The standard InChI is InChI=1S/C23H33N7O.2C2HF3O2/c1-30(21-17-27-23(28-18-21)29-20-8-3-2-4-9-20)22(31)10-14-24-12-6-13-26-16-19-7-5-11-25-15-19;2*3-2(4,5)1(6)7/h2-5,7-9,11,15,21,24,26H,6,10,12-14,16-18H2,1H3,(H2,27,28,29);2*(H,6,7). The lowest BCUT2D eigenvalue weighted by atomic mass is 10.2. The normalized spacial score (nSPS) is 14.3. The van der Waals surface area contributed by atoms with Gasteiger partial charge in [0.2, 0.25) is 5.91 Å². The Hall–Kier alpha value is -4.45. The molecule has 0 spiro atoms. The van der Waals surface area contributed by atoms with E-state index in [1.54, 1.807) is 6.20 Å². The Labute approximate surface area is 254 Å². The van der Waals surface area contributed by atoms with Crippen LogP contribution in [-0.2, 0) is 20.9 Å². The van der Waals surface area contributed by atoms with Crippen LogP contribution < -0.4 is 21.3 Å². The van der Waals surface area contributed by atoms with Crippen molar-refractivity contribution in [2.24, 2.45) is 4.99 Å². The molecule has 1 aromatic carbocycles. The van der Waals surface area contributed by atoms with E-state index in [-0.39, 0.29) is 11.9 Å². The molecule has 0 saturated carbocycles. The summed E-state index contributed by atoms with van der Waals surface area (Å²) in [5.74, 6) is -4.62. The number of aromatic nitrogens is 1. The van der Waals surface area contributed by atoms with Gasteiger partial charge in [0.1, 0.15) is 0 Å². The summed E-state index contributed by atoms with van der Waals surface area (Å²) in [5.41, 5.74) is 2.18. The van der Waals surface area contributed by atoms with Crippen LogP contribution in [0.15, 0.2) is 59.9 Å². The molecule has 0 saturated heterocycles. The summed E-state index contributed by atoms with van der Waals surface area (Å²) in [5, 5.41) is 27.5. The van der Waals surface area contributed by atoms with Crippen molar-refractivity contribution in [1.29, 1.82) is 0 Å². The molecule has 1 aliphatic rings. The van der Waals surface area contributed by atoms with Crippen LogP contribution >= 0.6 is 0 Å². The minimum absolute atomic E-state index is 0.0745. The zero-order valence-corrected chi connectivity index (χ0v) is 24.2. The molecule has 0 bridgehead atoms. The lowest BCUT2D eigenvalue weighted by Crippen LogP contribution is -2.51. The minimum Gasteiger partial charge on any atom is -0.475 e. The number of carbonyl (C=O) groups is 3. The monoisotopic (exact) mass is 651 g/mol. The van der Waals surface area contributed by atoms with E-state index in [2.05, 4.69) is 37.3 Å². The molecular formula is C27H35F6N7O5. The number of carboxylic acid groups (broad SMARTS) is 2. The van der Waals surface area contributed by atoms with E-state index >= 15 is 0 Å². The molecule has 2 aromatic rings. The van der Waals surface area contributed by atoms with Crippen LogP contribution in [0.1, 0.15) is 18.4 Å². The van der Waals surface area contributed by atoms with E-state index in [1.165, 1.54) is 5.56 Å². The third-order valence-corrected chi connectivity index (χ3v) is 5.70. The average molecular weight is 652 g/mol. The van der Waals surface area contributed by atoms with Crippen molar-refractivity contribution >= 4 is 29.5 Å². The van der Waals surface area contributed by atoms with Gasteiger partial charge in [-0.05, 0) is 43.3 Å². The van der Waals surface area contributed by atoms with Crippen molar-refractivity contribution in [1.82, 2.24) is 25.8 Å². The molecule has 3 rings (SSSR count). The molecule has 12 nitrogen and oxygen atoms in total. The average Bonchev–Trinajstić information content (AvgIpc) is 2.99. The molecule has 6 N–H and O–H groups in total. The third-order valence-electron chi connectivity index (χ3n) is 5.70. The van der Waals surface area contributed by atoms with Crippen LogP contribution in [0.25, 0.3) is 0 Å². The molecule has 0 radical (unpaired) electrons. The van der Waals surface area contributed by atoms with Crippen molar-refractivity contribution in [2.75, 3.05) is 45.1 Å². The van der Waals surface area contributed by atoms with E-state index in [0.717, 1.165) is 37.7 Å². The number of hydrogen-bond acceptors (Lipinski definition) is 9. The second-order valence-electron chi connectivity index (χ2n) is 9.22. The molecule has 250 valence electrons. The third kappa shape index (κ3) is 17.4. The maximum atomic E-state index is 12.5. The Morgan fingerprint density at radius 1 is 0.933 bits per heavy atom. The SMILES string of the molecule is CN(C(=O)CCNCCCNCc1cccnc1)C1CN=C(Nc2ccccc2)NC1.O=C(O)C(F)(F)F.O=C(O)C(F)(F)F. The zero-order chi connectivity index (χ0) is 33.9. The minimum atomic E-state index is -5.08. The number of para-hydroxylation sites is 1. The number of nitrogens with one attached hydrogen (secondary N) is 4. The summed E-state index contributed by atoms with van der Waals surface area (Å²) < 4.78 is 63.5. The highest BCUT2D eigenvalue weighted by atomic mass is 19.4. The summed E-state index contributed by atoms with van der Waals surface area (Å²) in [6.07, 6.45) is -5.00. The molecule has 1 aliphatic heterocycles. The maximum Gasteiger partial charge on any atom is 0.490 e. The number of carboxylic acids is 2. The molecule has 45 heavy (non-hydrogen) atoms.